The van der Waals surface area contributed by atoms with Crippen LogP contribution in [-0.4, -0.2) is 83.3 Å². The molecule has 1 aliphatic heterocycles. The van der Waals surface area contributed by atoms with Crippen LogP contribution in [-0.2, 0) is 21.1 Å². The Kier molecular flexibility index (Phi) is 13.4. The van der Waals surface area contributed by atoms with Crippen molar-refractivity contribution in [2.24, 2.45) is 4.99 Å². The Hall–Kier alpha value is -1.11. The number of sulfone groups is 1. The molecular weight excluding hydrogens is 531 g/mol. The smallest absolute Gasteiger partial charge is 0.191 e. The molecular formula is C21H37IN4O4S. The first kappa shape index (κ1) is 27.9. The van der Waals surface area contributed by atoms with E-state index in [1.807, 2.05) is 32.9 Å². The average Bonchev–Trinajstić information content (AvgIpc) is 2.71. The molecule has 1 aliphatic rings. The minimum Gasteiger partial charge on any atom is -0.491 e. The summed E-state index contributed by atoms with van der Waals surface area (Å²) >= 11 is 0. The Morgan fingerprint density at radius 2 is 1.90 bits per heavy atom. The fraction of sp³-hybridized carbons (Fsp3) is 0.667. The summed E-state index contributed by atoms with van der Waals surface area (Å²) in [6.07, 6.45) is 0. The van der Waals surface area contributed by atoms with E-state index in [4.69, 9.17) is 14.5 Å². The monoisotopic (exact) mass is 568 g/mol. The Morgan fingerprint density at radius 3 is 2.58 bits per heavy atom. The molecule has 0 unspecified atom stereocenters. The molecule has 0 atom stereocenters. The van der Waals surface area contributed by atoms with Crippen molar-refractivity contribution in [2.75, 3.05) is 64.1 Å². The third-order valence-electron chi connectivity index (χ3n) is 4.82. The van der Waals surface area contributed by atoms with Gasteiger partial charge in [0.15, 0.2) is 15.8 Å². The van der Waals surface area contributed by atoms with Crippen LogP contribution in [0.2, 0.25) is 0 Å². The van der Waals surface area contributed by atoms with E-state index in [0.29, 0.717) is 46.0 Å². The summed E-state index contributed by atoms with van der Waals surface area (Å²) in [5, 5.41) is 6.59. The minimum atomic E-state index is -2.84. The highest BCUT2D eigenvalue weighted by Crippen LogP contribution is 2.21. The maximum atomic E-state index is 11.5. The van der Waals surface area contributed by atoms with E-state index >= 15 is 0 Å². The molecule has 10 heteroatoms. The quantitative estimate of drug-likeness (QED) is 0.182. The summed E-state index contributed by atoms with van der Waals surface area (Å²) in [4.78, 5) is 6.86. The normalized spacial score (nSPS) is 16.4. The molecule has 1 aromatic carbocycles. The van der Waals surface area contributed by atoms with E-state index in [1.165, 1.54) is 0 Å². The van der Waals surface area contributed by atoms with Gasteiger partial charge in [-0.2, -0.15) is 0 Å². The molecule has 0 aromatic heterocycles. The molecule has 1 heterocycles. The molecule has 0 spiro atoms. The van der Waals surface area contributed by atoms with Crippen molar-refractivity contribution in [1.29, 1.82) is 0 Å². The average molecular weight is 569 g/mol. The lowest BCUT2D eigenvalue weighted by Gasteiger charge is -2.26. The molecule has 178 valence electrons. The number of benzene rings is 1. The van der Waals surface area contributed by atoms with Gasteiger partial charge in [0.2, 0.25) is 0 Å². The zero-order valence-electron chi connectivity index (χ0n) is 18.9. The van der Waals surface area contributed by atoms with Crippen molar-refractivity contribution >= 4 is 39.8 Å². The first-order valence-electron chi connectivity index (χ1n) is 10.7. The van der Waals surface area contributed by atoms with Crippen LogP contribution in [0.4, 0.5) is 0 Å². The molecule has 0 aliphatic carbocycles. The number of hydrogen-bond acceptors (Lipinski definition) is 6. The van der Waals surface area contributed by atoms with E-state index < -0.39 is 9.84 Å². The number of nitrogens with one attached hydrogen (secondary N) is 2. The lowest BCUT2D eigenvalue weighted by Crippen LogP contribution is -2.45. The number of rotatable bonds is 11. The molecule has 31 heavy (non-hydrogen) atoms. The zero-order valence-corrected chi connectivity index (χ0v) is 22.0. The fourth-order valence-corrected chi connectivity index (χ4v) is 4.37. The topological polar surface area (TPSA) is 92.3 Å². The highest BCUT2D eigenvalue weighted by atomic mass is 127. The van der Waals surface area contributed by atoms with Crippen molar-refractivity contribution in [1.82, 2.24) is 15.5 Å². The van der Waals surface area contributed by atoms with Crippen molar-refractivity contribution in [3.8, 4) is 5.75 Å². The van der Waals surface area contributed by atoms with Gasteiger partial charge in [0.25, 0.3) is 0 Å². The minimum absolute atomic E-state index is 0. The van der Waals surface area contributed by atoms with Crippen LogP contribution in [0.3, 0.4) is 0 Å². The van der Waals surface area contributed by atoms with Crippen LogP contribution in [0.25, 0.3) is 0 Å². The van der Waals surface area contributed by atoms with Gasteiger partial charge in [-0.15, -0.1) is 24.0 Å². The number of nitrogens with zero attached hydrogens (tertiary/aromatic N) is 2. The van der Waals surface area contributed by atoms with Crippen LogP contribution in [0.5, 0.6) is 5.75 Å². The predicted molar refractivity (Wildman–Crippen MR) is 136 cm³/mol. The highest BCUT2D eigenvalue weighted by Gasteiger charge is 2.20. The van der Waals surface area contributed by atoms with E-state index in [-0.39, 0.29) is 35.5 Å². The molecule has 1 saturated heterocycles. The fourth-order valence-electron chi connectivity index (χ4n) is 3.09. The summed E-state index contributed by atoms with van der Waals surface area (Å²) in [7, 11) is -2.84. The second kappa shape index (κ2) is 14.9. The predicted octanol–water partition coefficient (Wildman–Crippen LogP) is 1.81. The summed E-state index contributed by atoms with van der Waals surface area (Å²) in [6, 6.07) is 6.14. The largest absolute Gasteiger partial charge is 0.491 e. The zero-order chi connectivity index (χ0) is 21.8. The van der Waals surface area contributed by atoms with Crippen molar-refractivity contribution in [3.05, 3.63) is 29.3 Å². The third kappa shape index (κ3) is 10.8. The first-order valence-corrected chi connectivity index (χ1v) is 12.5. The molecule has 1 fully saturated rings. The van der Waals surface area contributed by atoms with Gasteiger partial charge in [0, 0.05) is 44.9 Å². The van der Waals surface area contributed by atoms with Gasteiger partial charge >= 0.3 is 0 Å². The molecule has 8 nitrogen and oxygen atoms in total. The van der Waals surface area contributed by atoms with Crippen LogP contribution < -0.4 is 15.4 Å². The Morgan fingerprint density at radius 1 is 1.16 bits per heavy atom. The van der Waals surface area contributed by atoms with E-state index in [0.717, 1.165) is 35.9 Å². The number of halogens is 1. The number of aliphatic imine (C=N–C) groups is 1. The molecule has 0 radical (unpaired) electrons. The molecule has 0 saturated carbocycles. The van der Waals surface area contributed by atoms with Crippen molar-refractivity contribution in [3.63, 3.8) is 0 Å². The molecule has 0 bridgehead atoms. The van der Waals surface area contributed by atoms with E-state index in [1.54, 1.807) is 0 Å². The number of ether oxygens (including phenoxy) is 2. The maximum Gasteiger partial charge on any atom is 0.191 e. The molecule has 2 rings (SSSR count). The van der Waals surface area contributed by atoms with Gasteiger partial charge in [-0.25, -0.2) is 13.4 Å². The van der Waals surface area contributed by atoms with Crippen LogP contribution in [0, 0.1) is 6.92 Å². The van der Waals surface area contributed by atoms with Gasteiger partial charge in [-0.1, -0.05) is 12.1 Å². The first-order chi connectivity index (χ1) is 14.4. The Bertz CT molecular complexity index is 776. The lowest BCUT2D eigenvalue weighted by molar-refractivity contribution is 0.110. The van der Waals surface area contributed by atoms with Gasteiger partial charge in [0.05, 0.1) is 24.7 Å². The Balaban J connectivity index is 0.00000480. The van der Waals surface area contributed by atoms with E-state index in [2.05, 4.69) is 21.6 Å². The second-order valence-electron chi connectivity index (χ2n) is 7.27. The standard InChI is InChI=1S/C21H36N4O4S.HI/c1-4-22-21(23-8-9-25-10-14-30(26,27)15-11-25)24-17-19-7-6-18(3)16-20(19)29-13-12-28-5-2;/h6-7,16H,4-5,8-15,17H2,1-3H3,(H2,22,23,24);1H. The number of aryl methyl sites for hydroxylation is 1. The summed E-state index contributed by atoms with van der Waals surface area (Å²) in [6.45, 7) is 11.8. The number of hydrogen-bond donors (Lipinski definition) is 2. The van der Waals surface area contributed by atoms with Crippen LogP contribution >= 0.6 is 24.0 Å². The Labute approximate surface area is 204 Å². The number of guanidine groups is 1. The molecule has 0 amide bonds. The van der Waals surface area contributed by atoms with Crippen LogP contribution in [0.1, 0.15) is 25.0 Å². The molecule has 2 N–H and O–H groups in total. The van der Waals surface area contributed by atoms with Crippen molar-refractivity contribution < 1.29 is 17.9 Å². The molecule has 1 aromatic rings. The summed E-state index contributed by atoms with van der Waals surface area (Å²) in [5.41, 5.74) is 2.17. The highest BCUT2D eigenvalue weighted by molar-refractivity contribution is 14.0. The second-order valence-corrected chi connectivity index (χ2v) is 9.58. The van der Waals surface area contributed by atoms with Crippen LogP contribution in [0.15, 0.2) is 23.2 Å². The van der Waals surface area contributed by atoms with Gasteiger partial charge in [-0.05, 0) is 32.4 Å². The van der Waals surface area contributed by atoms with Gasteiger partial charge in [0.1, 0.15) is 12.4 Å². The SMILES string of the molecule is CCNC(=NCc1ccc(C)cc1OCCOCC)NCCN1CCS(=O)(=O)CC1.I. The maximum absolute atomic E-state index is 11.5. The van der Waals surface area contributed by atoms with Gasteiger partial charge < -0.3 is 20.1 Å². The van der Waals surface area contributed by atoms with Crippen molar-refractivity contribution in [2.45, 2.75) is 27.3 Å². The summed E-state index contributed by atoms with van der Waals surface area (Å²) in [5.74, 6) is 2.08. The lowest BCUT2D eigenvalue weighted by atomic mass is 10.1. The van der Waals surface area contributed by atoms with Gasteiger partial charge in [-0.3, -0.25) is 4.90 Å². The summed E-state index contributed by atoms with van der Waals surface area (Å²) < 4.78 is 34.3. The third-order valence-corrected chi connectivity index (χ3v) is 6.43. The van der Waals surface area contributed by atoms with E-state index in [9.17, 15) is 8.42 Å².